The molecule has 0 fully saturated rings. The Morgan fingerprint density at radius 3 is 2.84 bits per heavy atom. The predicted octanol–water partition coefficient (Wildman–Crippen LogP) is 1.57. The number of nitrogens with one attached hydrogen (secondary N) is 1. The normalized spacial score (nSPS) is 10.8. The molecule has 1 aromatic carbocycles. The fourth-order valence-corrected chi connectivity index (χ4v) is 2.02. The van der Waals surface area contributed by atoms with Crippen LogP contribution in [-0.4, -0.2) is 25.4 Å². The van der Waals surface area contributed by atoms with Gasteiger partial charge in [0.25, 0.3) is 0 Å². The molecule has 0 amide bonds. The number of benzene rings is 1. The average Bonchev–Trinajstić information content (AvgIpc) is 2.96. The van der Waals surface area contributed by atoms with Crippen LogP contribution in [0.1, 0.15) is 5.76 Å². The molecule has 2 heterocycles. The quantitative estimate of drug-likeness (QED) is 0.768. The Bertz CT molecular complexity index is 788. The SMILES string of the molecule is Cc1onc(-c2ccccc2Cl)c1-n1nn[nH]c1=O. The Morgan fingerprint density at radius 1 is 1.37 bits per heavy atom. The van der Waals surface area contributed by atoms with Gasteiger partial charge in [0.15, 0.2) is 5.76 Å². The molecule has 3 aromatic rings. The molecule has 0 saturated carbocycles. The van der Waals surface area contributed by atoms with Gasteiger partial charge in [0.05, 0.1) is 5.02 Å². The van der Waals surface area contributed by atoms with Gasteiger partial charge >= 0.3 is 5.69 Å². The van der Waals surface area contributed by atoms with Crippen LogP contribution in [0.25, 0.3) is 16.9 Å². The first-order valence-corrected chi connectivity index (χ1v) is 5.78. The van der Waals surface area contributed by atoms with E-state index in [9.17, 15) is 4.79 Å². The standard InChI is InChI=1S/C11H8ClN5O2/c1-6-10(17-11(18)13-15-16-17)9(14-19-6)7-4-2-3-5-8(7)12/h2-5H,1H3,(H,13,16,18). The third kappa shape index (κ3) is 1.84. The van der Waals surface area contributed by atoms with Crippen LogP contribution in [0.4, 0.5) is 0 Å². The number of tetrazole rings is 1. The molecule has 0 aliphatic carbocycles. The maximum absolute atomic E-state index is 11.6. The van der Waals surface area contributed by atoms with Crippen LogP contribution in [0.5, 0.6) is 0 Å². The van der Waals surface area contributed by atoms with Crippen molar-refractivity contribution in [3.05, 3.63) is 45.5 Å². The highest BCUT2D eigenvalue weighted by Crippen LogP contribution is 2.32. The Morgan fingerprint density at radius 2 is 2.16 bits per heavy atom. The predicted molar refractivity (Wildman–Crippen MR) is 67.2 cm³/mol. The maximum atomic E-state index is 11.6. The first-order valence-electron chi connectivity index (χ1n) is 5.40. The molecule has 1 N–H and O–H groups in total. The second-order valence-electron chi connectivity index (χ2n) is 3.83. The molecular weight excluding hydrogens is 270 g/mol. The summed E-state index contributed by atoms with van der Waals surface area (Å²) < 4.78 is 6.22. The van der Waals surface area contributed by atoms with Crippen molar-refractivity contribution >= 4 is 11.6 Å². The van der Waals surface area contributed by atoms with Crippen LogP contribution in [0.3, 0.4) is 0 Å². The Balaban J connectivity index is 2.29. The van der Waals surface area contributed by atoms with Gasteiger partial charge in [-0.2, -0.15) is 4.68 Å². The smallest absolute Gasteiger partial charge is 0.359 e. The van der Waals surface area contributed by atoms with Crippen LogP contribution in [0, 0.1) is 6.92 Å². The largest absolute Gasteiger partial charge is 0.366 e. The fourth-order valence-electron chi connectivity index (χ4n) is 1.79. The molecule has 0 aliphatic rings. The molecule has 0 unspecified atom stereocenters. The number of aromatic nitrogens is 5. The summed E-state index contributed by atoms with van der Waals surface area (Å²) in [5.41, 5.74) is 1.05. The fraction of sp³-hybridized carbons (Fsp3) is 0.0909. The van der Waals surface area contributed by atoms with Crippen molar-refractivity contribution < 1.29 is 4.52 Å². The van der Waals surface area contributed by atoms with Crippen LogP contribution in [-0.2, 0) is 0 Å². The van der Waals surface area contributed by atoms with Crippen LogP contribution in [0.2, 0.25) is 5.02 Å². The molecule has 0 bridgehead atoms. The summed E-state index contributed by atoms with van der Waals surface area (Å²) in [7, 11) is 0. The summed E-state index contributed by atoms with van der Waals surface area (Å²) in [6, 6.07) is 7.14. The zero-order chi connectivity index (χ0) is 13.4. The van der Waals surface area contributed by atoms with Crippen molar-refractivity contribution in [2.75, 3.05) is 0 Å². The zero-order valence-electron chi connectivity index (χ0n) is 9.79. The highest BCUT2D eigenvalue weighted by molar-refractivity contribution is 6.33. The number of nitrogens with zero attached hydrogens (tertiary/aromatic N) is 4. The second-order valence-corrected chi connectivity index (χ2v) is 4.24. The molecule has 2 aromatic heterocycles. The van der Waals surface area contributed by atoms with E-state index >= 15 is 0 Å². The minimum Gasteiger partial charge on any atom is -0.359 e. The molecule has 0 aliphatic heterocycles. The first kappa shape index (κ1) is 11.7. The number of aryl methyl sites for hydroxylation is 1. The van der Waals surface area contributed by atoms with E-state index in [0.717, 1.165) is 4.68 Å². The van der Waals surface area contributed by atoms with Crippen molar-refractivity contribution in [3.63, 3.8) is 0 Å². The molecule has 96 valence electrons. The van der Waals surface area contributed by atoms with E-state index in [1.165, 1.54) is 0 Å². The lowest BCUT2D eigenvalue weighted by molar-refractivity contribution is 0.398. The number of halogens is 1. The lowest BCUT2D eigenvalue weighted by Gasteiger charge is -2.02. The molecular formula is C11H8ClN5O2. The summed E-state index contributed by atoms with van der Waals surface area (Å²) in [6.45, 7) is 1.68. The van der Waals surface area contributed by atoms with Gasteiger partial charge in [0.1, 0.15) is 11.4 Å². The van der Waals surface area contributed by atoms with E-state index in [2.05, 4.69) is 20.7 Å². The van der Waals surface area contributed by atoms with Gasteiger partial charge in [-0.3, -0.25) is 0 Å². The molecule has 19 heavy (non-hydrogen) atoms. The van der Waals surface area contributed by atoms with E-state index in [0.29, 0.717) is 27.7 Å². The van der Waals surface area contributed by atoms with E-state index < -0.39 is 5.69 Å². The van der Waals surface area contributed by atoms with Crippen molar-refractivity contribution in [2.45, 2.75) is 6.92 Å². The van der Waals surface area contributed by atoms with Crippen LogP contribution < -0.4 is 5.69 Å². The third-order valence-corrected chi connectivity index (χ3v) is 2.97. The topological polar surface area (TPSA) is 89.6 Å². The van der Waals surface area contributed by atoms with Crippen molar-refractivity contribution in [1.82, 2.24) is 25.4 Å². The number of hydrogen-bond acceptors (Lipinski definition) is 5. The number of aromatic amines is 1. The summed E-state index contributed by atoms with van der Waals surface area (Å²) in [6.07, 6.45) is 0. The van der Waals surface area contributed by atoms with E-state index in [1.54, 1.807) is 25.1 Å². The molecule has 3 rings (SSSR count). The Hall–Kier alpha value is -2.41. The maximum Gasteiger partial charge on any atom is 0.366 e. The summed E-state index contributed by atoms with van der Waals surface area (Å²) in [5.74, 6) is 0.450. The monoisotopic (exact) mass is 277 g/mol. The molecule has 0 atom stereocenters. The highest BCUT2D eigenvalue weighted by Gasteiger charge is 2.21. The number of hydrogen-bond donors (Lipinski definition) is 1. The van der Waals surface area contributed by atoms with E-state index in [-0.39, 0.29) is 0 Å². The molecule has 8 heteroatoms. The summed E-state index contributed by atoms with van der Waals surface area (Å²) >= 11 is 6.13. The van der Waals surface area contributed by atoms with Crippen molar-refractivity contribution in [2.24, 2.45) is 0 Å². The van der Waals surface area contributed by atoms with Gasteiger partial charge in [-0.15, -0.1) is 0 Å². The molecule has 0 spiro atoms. The van der Waals surface area contributed by atoms with Gasteiger partial charge in [-0.05, 0) is 23.4 Å². The molecule has 7 nitrogen and oxygen atoms in total. The average molecular weight is 278 g/mol. The van der Waals surface area contributed by atoms with E-state index in [4.69, 9.17) is 16.1 Å². The van der Waals surface area contributed by atoms with Crippen LogP contribution in [0.15, 0.2) is 33.6 Å². The number of H-pyrrole nitrogens is 1. The minimum atomic E-state index is -0.473. The summed E-state index contributed by atoms with van der Waals surface area (Å²) in [4.78, 5) is 11.6. The number of rotatable bonds is 2. The summed E-state index contributed by atoms with van der Waals surface area (Å²) in [5, 5.41) is 13.8. The van der Waals surface area contributed by atoms with Gasteiger partial charge in [0, 0.05) is 5.56 Å². The lowest BCUT2D eigenvalue weighted by Crippen LogP contribution is -2.17. The molecule has 0 radical (unpaired) electrons. The minimum absolute atomic E-state index is 0.423. The van der Waals surface area contributed by atoms with Crippen molar-refractivity contribution in [1.29, 1.82) is 0 Å². The van der Waals surface area contributed by atoms with Gasteiger partial charge in [-0.25, -0.2) is 9.89 Å². The zero-order valence-corrected chi connectivity index (χ0v) is 10.5. The molecule has 0 saturated heterocycles. The van der Waals surface area contributed by atoms with E-state index in [1.807, 2.05) is 6.07 Å². The van der Waals surface area contributed by atoms with Gasteiger partial charge in [-0.1, -0.05) is 35.0 Å². The third-order valence-electron chi connectivity index (χ3n) is 2.64. The van der Waals surface area contributed by atoms with Crippen LogP contribution >= 0.6 is 11.6 Å². The Kier molecular flexibility index (Phi) is 2.68. The lowest BCUT2D eigenvalue weighted by atomic mass is 10.1. The second kappa shape index (κ2) is 4.36. The van der Waals surface area contributed by atoms with Crippen molar-refractivity contribution in [3.8, 4) is 16.9 Å². The highest BCUT2D eigenvalue weighted by atomic mass is 35.5. The first-order chi connectivity index (χ1) is 9.18. The van der Waals surface area contributed by atoms with Gasteiger partial charge < -0.3 is 4.52 Å². The Labute approximate surface area is 111 Å². The van der Waals surface area contributed by atoms with Gasteiger partial charge in [0.2, 0.25) is 0 Å².